The number of fused-ring (bicyclic) bond motifs is 1. The Bertz CT molecular complexity index is 929. The van der Waals surface area contributed by atoms with E-state index in [1.165, 1.54) is 0 Å². The van der Waals surface area contributed by atoms with Gasteiger partial charge in [0, 0.05) is 36.7 Å². The smallest absolute Gasteiger partial charge is 0.502 e. The molecule has 1 aromatic carbocycles. The summed E-state index contributed by atoms with van der Waals surface area (Å²) in [5.41, 5.74) is 2.12. The molecule has 3 aromatic heterocycles. The van der Waals surface area contributed by atoms with E-state index in [0.717, 1.165) is 17.2 Å². The Morgan fingerprint density at radius 2 is 1.68 bits per heavy atom. The van der Waals surface area contributed by atoms with Gasteiger partial charge < -0.3 is 9.80 Å². The van der Waals surface area contributed by atoms with Gasteiger partial charge in [0.15, 0.2) is 0 Å². The molecule has 0 aliphatic carbocycles. The summed E-state index contributed by atoms with van der Waals surface area (Å²) in [7, 11) is 3.80. The third-order valence-electron chi connectivity index (χ3n) is 3.90. The van der Waals surface area contributed by atoms with Crippen LogP contribution in [0.5, 0.6) is 0 Å². The minimum absolute atomic E-state index is 0. The predicted molar refractivity (Wildman–Crippen MR) is 105 cm³/mol. The number of hydrogen-bond donors (Lipinski definition) is 0. The number of benzene rings is 1. The number of pyridine rings is 1. The Morgan fingerprint density at radius 3 is 2.29 bits per heavy atom. The van der Waals surface area contributed by atoms with E-state index in [1.54, 1.807) is 29.1 Å². The van der Waals surface area contributed by atoms with E-state index < -0.39 is 0 Å². The predicted octanol–water partition coefficient (Wildman–Crippen LogP) is 2.60. The Labute approximate surface area is 179 Å². The summed E-state index contributed by atoms with van der Waals surface area (Å²) in [6.07, 6.45) is 8.95. The molecule has 0 unspecified atom stereocenters. The molecular formula is C19H17BN7Pt. The van der Waals surface area contributed by atoms with E-state index in [1.807, 2.05) is 79.7 Å². The fourth-order valence-electron chi connectivity index (χ4n) is 2.67. The SMILES string of the molecule is CN1[CH-]N(c2[c-]cccc2)c2ncccc21.[B](n1cccn1)n1cccn1.[Pt+2]. The van der Waals surface area contributed by atoms with E-state index in [9.17, 15) is 0 Å². The summed E-state index contributed by atoms with van der Waals surface area (Å²) in [6.45, 7) is 2.02. The van der Waals surface area contributed by atoms with E-state index in [0.29, 0.717) is 0 Å². The normalized spacial score (nSPS) is 11.9. The summed E-state index contributed by atoms with van der Waals surface area (Å²) < 4.78 is 3.38. The molecule has 1 aliphatic rings. The molecule has 4 heterocycles. The first-order chi connectivity index (χ1) is 13.3. The number of rotatable bonds is 3. The van der Waals surface area contributed by atoms with E-state index >= 15 is 0 Å². The number of para-hydroxylation sites is 1. The minimum atomic E-state index is 0. The maximum absolute atomic E-state index is 4.40. The first kappa shape index (κ1) is 19.9. The number of nitrogens with zero attached hydrogens (tertiary/aromatic N) is 7. The van der Waals surface area contributed by atoms with E-state index in [2.05, 4.69) is 32.2 Å². The Kier molecular flexibility index (Phi) is 6.66. The van der Waals surface area contributed by atoms with Gasteiger partial charge in [0.25, 0.3) is 0 Å². The van der Waals surface area contributed by atoms with Crippen molar-refractivity contribution < 1.29 is 21.1 Å². The average molecular weight is 549 g/mol. The van der Waals surface area contributed by atoms with Crippen LogP contribution in [0.2, 0.25) is 0 Å². The molecule has 0 atom stereocenters. The van der Waals surface area contributed by atoms with Crippen molar-refractivity contribution in [2.75, 3.05) is 16.8 Å². The van der Waals surface area contributed by atoms with Crippen molar-refractivity contribution in [3.8, 4) is 0 Å². The molecule has 0 N–H and O–H groups in total. The second-order valence-corrected chi connectivity index (χ2v) is 5.78. The van der Waals surface area contributed by atoms with Gasteiger partial charge in [-0.3, -0.25) is 9.19 Å². The molecule has 141 valence electrons. The summed E-state index contributed by atoms with van der Waals surface area (Å²) in [6, 6.07) is 18.8. The van der Waals surface area contributed by atoms with Crippen LogP contribution in [0, 0.1) is 12.7 Å². The topological polar surface area (TPSA) is 55.0 Å². The van der Waals surface area contributed by atoms with Gasteiger partial charge in [-0.15, -0.1) is 5.69 Å². The standard InChI is InChI=1S/C13H11N3.C6H6BN4.Pt/c1-15-10-16(11-6-3-2-4-7-11)13-12(15)8-5-9-14-13;1-3-8-10(5-1)7-11-6-2-4-9-11;/h2-6,8-10H,1H3;1-6H;/q-2;;+2. The van der Waals surface area contributed by atoms with Gasteiger partial charge in [-0.25, -0.2) is 4.98 Å². The molecule has 0 fully saturated rings. The van der Waals surface area contributed by atoms with Gasteiger partial charge >= 0.3 is 28.6 Å². The fourth-order valence-corrected chi connectivity index (χ4v) is 2.67. The van der Waals surface area contributed by atoms with Gasteiger partial charge in [-0.1, -0.05) is 0 Å². The van der Waals surface area contributed by atoms with Crippen molar-refractivity contribution in [2.24, 2.45) is 0 Å². The van der Waals surface area contributed by atoms with E-state index in [4.69, 9.17) is 0 Å². The number of anilines is 3. The van der Waals surface area contributed by atoms with Crippen LogP contribution in [0.4, 0.5) is 17.2 Å². The molecule has 1 aliphatic heterocycles. The molecular weight excluding hydrogens is 532 g/mol. The average Bonchev–Trinajstić information content (AvgIpc) is 3.47. The van der Waals surface area contributed by atoms with Crippen LogP contribution >= 0.6 is 0 Å². The summed E-state index contributed by atoms with van der Waals surface area (Å²) >= 11 is 0. The zero-order valence-electron chi connectivity index (χ0n) is 15.1. The van der Waals surface area contributed by atoms with E-state index in [-0.39, 0.29) is 21.1 Å². The molecule has 0 spiro atoms. The summed E-state index contributed by atoms with van der Waals surface area (Å²) in [5.74, 6) is 0.951. The van der Waals surface area contributed by atoms with Gasteiger partial charge in [0.1, 0.15) is 5.82 Å². The van der Waals surface area contributed by atoms with Crippen molar-refractivity contribution in [3.63, 3.8) is 0 Å². The second-order valence-electron chi connectivity index (χ2n) is 5.78. The summed E-state index contributed by atoms with van der Waals surface area (Å²) in [5, 5.41) is 7.98. The monoisotopic (exact) mass is 549 g/mol. The van der Waals surface area contributed by atoms with Crippen molar-refractivity contribution in [2.45, 2.75) is 0 Å². The number of aromatic nitrogens is 5. The van der Waals surface area contributed by atoms with Crippen LogP contribution in [0.1, 0.15) is 0 Å². The molecule has 9 heteroatoms. The van der Waals surface area contributed by atoms with Crippen LogP contribution in [0.15, 0.2) is 79.5 Å². The molecule has 4 aromatic rings. The molecule has 0 saturated carbocycles. The zero-order valence-corrected chi connectivity index (χ0v) is 17.4. The van der Waals surface area contributed by atoms with Crippen LogP contribution in [-0.2, 0) is 21.1 Å². The molecule has 0 bridgehead atoms. The fraction of sp³-hybridized carbons (Fsp3) is 0.0526. The third-order valence-corrected chi connectivity index (χ3v) is 3.90. The first-order valence-corrected chi connectivity index (χ1v) is 8.43. The molecule has 28 heavy (non-hydrogen) atoms. The van der Waals surface area contributed by atoms with Crippen LogP contribution in [0.3, 0.4) is 0 Å². The molecule has 0 amide bonds. The van der Waals surface area contributed by atoms with Crippen LogP contribution in [-0.4, -0.2) is 39.0 Å². The van der Waals surface area contributed by atoms with Crippen LogP contribution in [0.25, 0.3) is 0 Å². The van der Waals surface area contributed by atoms with Crippen molar-refractivity contribution in [1.29, 1.82) is 0 Å². The third kappa shape index (κ3) is 4.51. The molecule has 1 radical (unpaired) electrons. The van der Waals surface area contributed by atoms with Crippen LogP contribution < -0.4 is 9.80 Å². The quantitative estimate of drug-likeness (QED) is 0.291. The molecule has 5 rings (SSSR count). The second kappa shape index (κ2) is 9.37. The van der Waals surface area contributed by atoms with Crippen molar-refractivity contribution in [1.82, 2.24) is 24.4 Å². The van der Waals surface area contributed by atoms with Crippen molar-refractivity contribution >= 4 is 24.7 Å². The van der Waals surface area contributed by atoms with Gasteiger partial charge in [0.05, 0.1) is 0 Å². The Balaban J connectivity index is 0.000000165. The Hall–Kier alpha value is -2.86. The molecule has 7 nitrogen and oxygen atoms in total. The molecule has 0 saturated heterocycles. The van der Waals surface area contributed by atoms with Gasteiger partial charge in [-0.05, 0) is 31.3 Å². The minimum Gasteiger partial charge on any atom is -0.502 e. The summed E-state index contributed by atoms with van der Waals surface area (Å²) in [4.78, 5) is 8.50. The number of hydrogen-bond acceptors (Lipinski definition) is 5. The zero-order chi connectivity index (χ0) is 18.5. The van der Waals surface area contributed by atoms with Gasteiger partial charge in [0.2, 0.25) is 0 Å². The maximum Gasteiger partial charge on any atom is 2.00 e. The first-order valence-electron chi connectivity index (χ1n) is 8.43. The largest absolute Gasteiger partial charge is 2.00 e. The maximum atomic E-state index is 4.40. The van der Waals surface area contributed by atoms with Gasteiger partial charge in [-0.2, -0.15) is 47.2 Å². The Morgan fingerprint density at radius 1 is 0.929 bits per heavy atom. The van der Waals surface area contributed by atoms with Crippen molar-refractivity contribution in [3.05, 3.63) is 92.3 Å².